The molecule has 144 valence electrons. The van der Waals surface area contributed by atoms with Crippen LogP contribution in [-0.4, -0.2) is 62.1 Å². The number of benzene rings is 1. The van der Waals surface area contributed by atoms with Gasteiger partial charge in [-0.25, -0.2) is 8.42 Å². The normalized spacial score (nSPS) is 23.8. The molecule has 0 aromatic heterocycles. The summed E-state index contributed by atoms with van der Waals surface area (Å²) in [6.45, 7) is 2.77. The van der Waals surface area contributed by atoms with E-state index in [1.165, 1.54) is 6.26 Å². The smallest absolute Gasteiger partial charge is 0.222 e. The summed E-state index contributed by atoms with van der Waals surface area (Å²) in [5, 5.41) is 0. The van der Waals surface area contributed by atoms with Crippen molar-refractivity contribution in [3.63, 3.8) is 0 Å². The van der Waals surface area contributed by atoms with Gasteiger partial charge in [0.05, 0.1) is 12.9 Å². The Morgan fingerprint density at radius 3 is 2.65 bits per heavy atom. The molecule has 1 aromatic rings. The number of ether oxygens (including phenoxy) is 1. The van der Waals surface area contributed by atoms with Gasteiger partial charge in [-0.15, -0.1) is 0 Å². The van der Waals surface area contributed by atoms with Crippen LogP contribution in [0.25, 0.3) is 0 Å². The van der Waals surface area contributed by atoms with E-state index in [4.69, 9.17) is 4.74 Å². The minimum atomic E-state index is -3.20. The largest absolute Gasteiger partial charge is 0.377 e. The fraction of sp³-hybridized carbons (Fsp3) is 0.632. The van der Waals surface area contributed by atoms with E-state index in [0.29, 0.717) is 45.7 Å². The maximum atomic E-state index is 12.6. The SMILES string of the molecule is CS(=O)(=O)N1C[C@H]2CC[C@@H](C1)N(C(=O)CCCOCc1ccccc1)C2. The Hall–Kier alpha value is -1.44. The Balaban J connectivity index is 1.45. The molecule has 0 N–H and O–H groups in total. The highest BCUT2D eigenvalue weighted by molar-refractivity contribution is 7.88. The first kappa shape index (κ1) is 19.3. The van der Waals surface area contributed by atoms with E-state index < -0.39 is 10.0 Å². The molecule has 1 aromatic carbocycles. The number of hydrogen-bond acceptors (Lipinski definition) is 4. The fourth-order valence-electron chi connectivity index (χ4n) is 3.85. The lowest BCUT2D eigenvalue weighted by Gasteiger charge is -2.36. The van der Waals surface area contributed by atoms with Crippen LogP contribution in [0, 0.1) is 5.92 Å². The van der Waals surface area contributed by atoms with Crippen molar-refractivity contribution in [3.8, 4) is 0 Å². The number of hydrogen-bond donors (Lipinski definition) is 0. The van der Waals surface area contributed by atoms with Crippen molar-refractivity contribution in [1.82, 2.24) is 9.21 Å². The summed E-state index contributed by atoms with van der Waals surface area (Å²) in [5.41, 5.74) is 1.13. The van der Waals surface area contributed by atoms with Crippen LogP contribution < -0.4 is 0 Å². The van der Waals surface area contributed by atoms with Crippen molar-refractivity contribution in [2.24, 2.45) is 5.92 Å². The first-order chi connectivity index (χ1) is 12.4. The maximum absolute atomic E-state index is 12.6. The first-order valence-electron chi connectivity index (χ1n) is 9.30. The predicted octanol–water partition coefficient (Wildman–Crippen LogP) is 1.87. The van der Waals surface area contributed by atoms with Crippen LogP contribution >= 0.6 is 0 Å². The van der Waals surface area contributed by atoms with Gasteiger partial charge in [0.25, 0.3) is 0 Å². The lowest BCUT2D eigenvalue weighted by molar-refractivity contribution is -0.135. The van der Waals surface area contributed by atoms with E-state index in [9.17, 15) is 13.2 Å². The van der Waals surface area contributed by atoms with E-state index in [0.717, 1.165) is 18.4 Å². The molecule has 0 aliphatic carbocycles. The summed E-state index contributed by atoms with van der Waals surface area (Å²) >= 11 is 0. The van der Waals surface area contributed by atoms with Crippen molar-refractivity contribution in [2.75, 3.05) is 32.5 Å². The number of nitrogens with zero attached hydrogens (tertiary/aromatic N) is 2. The average Bonchev–Trinajstić information content (AvgIpc) is 2.94. The van der Waals surface area contributed by atoms with Gasteiger partial charge in [-0.3, -0.25) is 4.79 Å². The van der Waals surface area contributed by atoms with Gasteiger partial charge in [-0.2, -0.15) is 4.31 Å². The van der Waals surface area contributed by atoms with Gasteiger partial charge in [0.1, 0.15) is 0 Å². The number of carbonyl (C=O) groups excluding carboxylic acids is 1. The molecule has 3 aliphatic heterocycles. The highest BCUT2D eigenvalue weighted by Gasteiger charge is 2.39. The molecular formula is C19H28N2O4S. The van der Waals surface area contributed by atoms with Crippen LogP contribution in [0.4, 0.5) is 0 Å². The van der Waals surface area contributed by atoms with E-state index in [-0.39, 0.29) is 17.9 Å². The molecule has 0 spiro atoms. The Morgan fingerprint density at radius 2 is 1.92 bits per heavy atom. The minimum Gasteiger partial charge on any atom is -0.377 e. The molecule has 0 unspecified atom stereocenters. The van der Waals surface area contributed by atoms with Gasteiger partial charge in [-0.1, -0.05) is 30.3 Å². The van der Waals surface area contributed by atoms with E-state index in [1.807, 2.05) is 35.2 Å². The van der Waals surface area contributed by atoms with Crippen LogP contribution in [0.5, 0.6) is 0 Å². The zero-order valence-corrected chi connectivity index (χ0v) is 16.2. The van der Waals surface area contributed by atoms with Crippen molar-refractivity contribution < 1.29 is 17.9 Å². The highest BCUT2D eigenvalue weighted by Crippen LogP contribution is 2.29. The van der Waals surface area contributed by atoms with Crippen LogP contribution in [0.2, 0.25) is 0 Å². The second-order valence-electron chi connectivity index (χ2n) is 7.37. The molecule has 0 saturated carbocycles. The zero-order chi connectivity index (χ0) is 18.6. The number of fused-ring (bicyclic) bond motifs is 4. The molecule has 3 saturated heterocycles. The molecule has 26 heavy (non-hydrogen) atoms. The van der Waals surface area contributed by atoms with Gasteiger partial charge in [0, 0.05) is 38.7 Å². The lowest BCUT2D eigenvalue weighted by atomic mass is 9.94. The summed E-state index contributed by atoms with van der Waals surface area (Å²) in [4.78, 5) is 14.5. The molecule has 4 rings (SSSR count). The van der Waals surface area contributed by atoms with E-state index in [2.05, 4.69) is 0 Å². The zero-order valence-electron chi connectivity index (χ0n) is 15.3. The minimum absolute atomic E-state index is 0.0150. The Morgan fingerprint density at radius 1 is 1.15 bits per heavy atom. The third kappa shape index (κ3) is 5.05. The predicted molar refractivity (Wildman–Crippen MR) is 100.0 cm³/mol. The van der Waals surface area contributed by atoms with Crippen molar-refractivity contribution >= 4 is 15.9 Å². The molecule has 7 heteroatoms. The molecule has 0 radical (unpaired) electrons. The monoisotopic (exact) mass is 380 g/mol. The summed E-state index contributed by atoms with van der Waals surface area (Å²) in [5.74, 6) is 0.375. The van der Waals surface area contributed by atoms with E-state index >= 15 is 0 Å². The third-order valence-corrected chi connectivity index (χ3v) is 6.50. The molecule has 2 bridgehead atoms. The summed E-state index contributed by atoms with van der Waals surface area (Å²) in [6, 6.07) is 10.00. The molecular weight excluding hydrogens is 352 g/mol. The number of rotatable bonds is 7. The van der Waals surface area contributed by atoms with Gasteiger partial charge >= 0.3 is 0 Å². The second kappa shape index (κ2) is 8.50. The fourth-order valence-corrected chi connectivity index (χ4v) is 4.77. The number of carbonyl (C=O) groups is 1. The molecule has 3 fully saturated rings. The number of sulfonamides is 1. The van der Waals surface area contributed by atoms with Crippen LogP contribution in [0.3, 0.4) is 0 Å². The Bertz CT molecular complexity index is 708. The summed E-state index contributed by atoms with van der Waals surface area (Å²) in [6.07, 6.45) is 4.30. The molecule has 3 heterocycles. The van der Waals surface area contributed by atoms with Crippen molar-refractivity contribution in [3.05, 3.63) is 35.9 Å². The van der Waals surface area contributed by atoms with Gasteiger partial charge in [-0.05, 0) is 30.7 Å². The van der Waals surface area contributed by atoms with Crippen LogP contribution in [-0.2, 0) is 26.2 Å². The van der Waals surface area contributed by atoms with Gasteiger partial charge < -0.3 is 9.64 Å². The molecule has 6 nitrogen and oxygen atoms in total. The highest BCUT2D eigenvalue weighted by atomic mass is 32.2. The molecule has 1 amide bonds. The molecule has 3 aliphatic rings. The maximum Gasteiger partial charge on any atom is 0.222 e. The quantitative estimate of drug-likeness (QED) is 0.677. The van der Waals surface area contributed by atoms with Gasteiger partial charge in [0.2, 0.25) is 15.9 Å². The second-order valence-corrected chi connectivity index (χ2v) is 9.35. The first-order valence-corrected chi connectivity index (χ1v) is 11.1. The standard InChI is InChI=1S/C19H28N2O4S/c1-26(23,24)20-12-17-9-10-18(14-20)21(13-17)19(22)8-5-11-25-15-16-6-3-2-4-7-16/h2-4,6-7,17-18H,5,8-15H2,1H3/t17-,18+/m1/s1. The summed E-state index contributed by atoms with van der Waals surface area (Å²) < 4.78 is 31.0. The Kier molecular flexibility index (Phi) is 6.32. The van der Waals surface area contributed by atoms with Crippen LogP contribution in [0.15, 0.2) is 30.3 Å². The number of amides is 1. The van der Waals surface area contributed by atoms with Crippen molar-refractivity contribution in [1.29, 1.82) is 0 Å². The molecule has 2 atom stereocenters. The number of piperidine rings is 1. The lowest BCUT2D eigenvalue weighted by Crippen LogP contribution is -2.47. The Labute approximate surface area is 156 Å². The van der Waals surface area contributed by atoms with Gasteiger partial charge in [0.15, 0.2) is 0 Å². The van der Waals surface area contributed by atoms with E-state index in [1.54, 1.807) is 4.31 Å². The van der Waals surface area contributed by atoms with Crippen molar-refractivity contribution in [2.45, 2.75) is 38.3 Å². The average molecular weight is 381 g/mol. The topological polar surface area (TPSA) is 66.9 Å². The third-order valence-electron chi connectivity index (χ3n) is 5.26. The van der Waals surface area contributed by atoms with Crippen LogP contribution in [0.1, 0.15) is 31.2 Å². The summed E-state index contributed by atoms with van der Waals surface area (Å²) in [7, 11) is -3.20.